The van der Waals surface area contributed by atoms with Gasteiger partial charge in [-0.3, -0.25) is 9.59 Å². The molecule has 2 aromatic carbocycles. The largest absolute Gasteiger partial charge is 0.495 e. The fourth-order valence-corrected chi connectivity index (χ4v) is 5.40. The highest BCUT2D eigenvalue weighted by Gasteiger charge is 2.40. The van der Waals surface area contributed by atoms with Crippen molar-refractivity contribution in [2.75, 3.05) is 30.4 Å². The Hall–Kier alpha value is -2.91. The Kier molecular flexibility index (Phi) is 6.90. The van der Waals surface area contributed by atoms with E-state index in [2.05, 4.69) is 5.32 Å². The number of aryl methyl sites for hydroxylation is 2. The lowest BCUT2D eigenvalue weighted by Crippen LogP contribution is -2.35. The maximum atomic E-state index is 13.1. The third kappa shape index (κ3) is 4.35. The Balaban J connectivity index is 1.93. The first kappa shape index (κ1) is 23.7. The van der Waals surface area contributed by atoms with Gasteiger partial charge in [-0.2, -0.15) is 4.31 Å². The smallest absolute Gasteiger partial charge is 0.256 e. The lowest BCUT2D eigenvalue weighted by atomic mass is 10.1. The summed E-state index contributed by atoms with van der Waals surface area (Å²) < 4.78 is 32.6. The lowest BCUT2D eigenvalue weighted by Gasteiger charge is -2.21. The van der Waals surface area contributed by atoms with Crippen LogP contribution in [0.15, 0.2) is 41.3 Å². The number of anilines is 2. The number of amides is 2. The fourth-order valence-electron chi connectivity index (χ4n) is 3.91. The van der Waals surface area contributed by atoms with Gasteiger partial charge in [-0.25, -0.2) is 13.3 Å². The molecular weight excluding hydrogens is 430 g/mol. The van der Waals surface area contributed by atoms with Crippen molar-refractivity contribution in [3.63, 3.8) is 0 Å². The van der Waals surface area contributed by atoms with Gasteiger partial charge in [-0.05, 0) is 43.7 Å². The molecule has 0 aliphatic carbocycles. The first-order valence-electron chi connectivity index (χ1n) is 10.5. The zero-order chi connectivity index (χ0) is 23.6. The maximum Gasteiger partial charge on any atom is 0.256 e. The molecule has 0 spiro atoms. The van der Waals surface area contributed by atoms with Crippen LogP contribution in [0.2, 0.25) is 0 Å². The number of sulfonamides is 1. The predicted molar refractivity (Wildman–Crippen MR) is 124 cm³/mol. The summed E-state index contributed by atoms with van der Waals surface area (Å²) in [6.07, 6.45) is -0.0394. The minimum absolute atomic E-state index is 0.0394. The molecule has 2 amide bonds. The topological polar surface area (TPSA) is 96.0 Å². The normalized spacial score (nSPS) is 16.7. The van der Waals surface area contributed by atoms with Gasteiger partial charge < -0.3 is 10.1 Å². The van der Waals surface area contributed by atoms with Crippen molar-refractivity contribution in [2.45, 2.75) is 45.1 Å². The number of rotatable bonds is 8. The molecule has 0 radical (unpaired) electrons. The van der Waals surface area contributed by atoms with Crippen LogP contribution in [0.3, 0.4) is 0 Å². The third-order valence-electron chi connectivity index (χ3n) is 5.58. The van der Waals surface area contributed by atoms with Gasteiger partial charge in [0.2, 0.25) is 15.9 Å². The number of nitrogens with zero attached hydrogens (tertiary/aromatic N) is 2. The molecule has 0 saturated carbocycles. The van der Waals surface area contributed by atoms with E-state index in [0.29, 0.717) is 30.2 Å². The SMILES string of the molecule is CCN(CC)S(=O)(=O)c1ccc(OC)c(N[C@@H]2CC(=O)N(c3ccc(C)cc3C)C2=O)c1. The van der Waals surface area contributed by atoms with Crippen LogP contribution in [-0.2, 0) is 19.6 Å². The Morgan fingerprint density at radius 1 is 1.09 bits per heavy atom. The lowest BCUT2D eigenvalue weighted by molar-refractivity contribution is -0.121. The number of nitrogens with one attached hydrogen (secondary N) is 1. The Labute approximate surface area is 189 Å². The highest BCUT2D eigenvalue weighted by molar-refractivity contribution is 7.89. The van der Waals surface area contributed by atoms with Gasteiger partial charge in [0.15, 0.2) is 0 Å². The summed E-state index contributed by atoms with van der Waals surface area (Å²) in [5.41, 5.74) is 2.77. The van der Waals surface area contributed by atoms with Gasteiger partial charge in [0, 0.05) is 13.1 Å². The summed E-state index contributed by atoms with van der Waals surface area (Å²) in [6.45, 7) is 8.03. The minimum Gasteiger partial charge on any atom is -0.495 e. The van der Waals surface area contributed by atoms with Crippen LogP contribution >= 0.6 is 0 Å². The van der Waals surface area contributed by atoms with Crippen LogP contribution in [-0.4, -0.2) is 50.8 Å². The van der Waals surface area contributed by atoms with Crippen LogP contribution in [0.1, 0.15) is 31.4 Å². The van der Waals surface area contributed by atoms with Gasteiger partial charge in [0.05, 0.1) is 29.8 Å². The van der Waals surface area contributed by atoms with Crippen LogP contribution in [0.5, 0.6) is 5.75 Å². The average molecular weight is 460 g/mol. The second-order valence-electron chi connectivity index (χ2n) is 7.71. The van der Waals surface area contributed by atoms with Crippen molar-refractivity contribution in [3.8, 4) is 5.75 Å². The molecule has 1 saturated heterocycles. The van der Waals surface area contributed by atoms with E-state index in [4.69, 9.17) is 4.74 Å². The molecule has 32 heavy (non-hydrogen) atoms. The van der Waals surface area contributed by atoms with Crippen molar-refractivity contribution < 1.29 is 22.7 Å². The quantitative estimate of drug-likeness (QED) is 0.610. The van der Waals surface area contributed by atoms with Crippen LogP contribution in [0.25, 0.3) is 0 Å². The van der Waals surface area contributed by atoms with Gasteiger partial charge >= 0.3 is 0 Å². The first-order valence-corrected chi connectivity index (χ1v) is 12.0. The Bertz CT molecular complexity index is 1140. The summed E-state index contributed by atoms with van der Waals surface area (Å²) in [5, 5.41) is 3.04. The molecule has 1 heterocycles. The molecule has 0 aromatic heterocycles. The Morgan fingerprint density at radius 2 is 1.78 bits per heavy atom. The number of carbonyl (C=O) groups excluding carboxylic acids is 2. The van der Waals surface area contributed by atoms with Crippen LogP contribution in [0.4, 0.5) is 11.4 Å². The molecule has 172 valence electrons. The number of imide groups is 1. The summed E-state index contributed by atoms with van der Waals surface area (Å²) in [4.78, 5) is 27.1. The third-order valence-corrected chi connectivity index (χ3v) is 7.63. The van der Waals surface area contributed by atoms with E-state index in [-0.39, 0.29) is 23.1 Å². The van der Waals surface area contributed by atoms with E-state index in [1.54, 1.807) is 26.0 Å². The number of carbonyl (C=O) groups is 2. The number of ether oxygens (including phenoxy) is 1. The van der Waals surface area contributed by atoms with E-state index >= 15 is 0 Å². The zero-order valence-corrected chi connectivity index (χ0v) is 19.8. The highest BCUT2D eigenvalue weighted by Crippen LogP contribution is 2.33. The number of hydrogen-bond acceptors (Lipinski definition) is 6. The number of benzene rings is 2. The molecule has 1 atom stereocenters. The molecular formula is C23H29N3O5S. The van der Waals surface area contributed by atoms with Crippen molar-refractivity contribution in [2.24, 2.45) is 0 Å². The second-order valence-corrected chi connectivity index (χ2v) is 9.65. The van der Waals surface area contributed by atoms with Gasteiger partial charge in [-0.15, -0.1) is 0 Å². The molecule has 2 aromatic rings. The highest BCUT2D eigenvalue weighted by atomic mass is 32.2. The van der Waals surface area contributed by atoms with Gasteiger partial charge in [0.1, 0.15) is 11.8 Å². The number of methoxy groups -OCH3 is 1. The minimum atomic E-state index is -3.69. The molecule has 0 bridgehead atoms. The average Bonchev–Trinajstić information content (AvgIpc) is 3.02. The van der Waals surface area contributed by atoms with Crippen LogP contribution in [0, 0.1) is 13.8 Å². The van der Waals surface area contributed by atoms with Crippen molar-refractivity contribution in [1.82, 2.24) is 4.31 Å². The fraction of sp³-hybridized carbons (Fsp3) is 0.391. The Morgan fingerprint density at radius 3 is 2.38 bits per heavy atom. The van der Waals surface area contributed by atoms with Crippen molar-refractivity contribution in [1.29, 1.82) is 0 Å². The number of hydrogen-bond donors (Lipinski definition) is 1. The van der Waals surface area contributed by atoms with E-state index in [1.807, 2.05) is 26.0 Å². The second kappa shape index (κ2) is 9.30. The van der Waals surface area contributed by atoms with E-state index in [1.165, 1.54) is 28.4 Å². The molecule has 0 unspecified atom stereocenters. The zero-order valence-electron chi connectivity index (χ0n) is 19.0. The van der Waals surface area contributed by atoms with Gasteiger partial charge in [0.25, 0.3) is 5.91 Å². The summed E-state index contributed by atoms with van der Waals surface area (Å²) in [5.74, 6) is -0.319. The molecule has 1 aliphatic rings. The maximum absolute atomic E-state index is 13.1. The first-order chi connectivity index (χ1) is 15.1. The van der Waals surface area contributed by atoms with Gasteiger partial charge in [-0.1, -0.05) is 31.5 Å². The summed E-state index contributed by atoms with van der Waals surface area (Å²) in [7, 11) is -2.23. The molecule has 3 rings (SSSR count). The molecule has 9 heteroatoms. The summed E-state index contributed by atoms with van der Waals surface area (Å²) in [6, 6.07) is 9.17. The monoisotopic (exact) mass is 459 g/mol. The molecule has 1 aliphatic heterocycles. The van der Waals surface area contributed by atoms with Crippen molar-refractivity contribution in [3.05, 3.63) is 47.5 Å². The predicted octanol–water partition coefficient (Wildman–Crippen LogP) is 3.09. The van der Waals surface area contributed by atoms with Crippen LogP contribution < -0.4 is 15.0 Å². The molecule has 1 fully saturated rings. The van der Waals surface area contributed by atoms with E-state index in [0.717, 1.165) is 11.1 Å². The van der Waals surface area contributed by atoms with E-state index in [9.17, 15) is 18.0 Å². The standard InChI is InChI=1S/C23H29N3O5S/c1-6-25(7-2)32(29,30)17-9-11-21(31-5)18(13-17)24-19-14-22(27)26(23(19)28)20-10-8-15(3)12-16(20)4/h8-13,19,24H,6-7,14H2,1-5H3/t19-/m1/s1. The molecule has 1 N–H and O–H groups in total. The summed E-state index contributed by atoms with van der Waals surface area (Å²) >= 11 is 0. The molecule has 8 nitrogen and oxygen atoms in total. The van der Waals surface area contributed by atoms with E-state index < -0.39 is 16.1 Å². The van der Waals surface area contributed by atoms with Crippen molar-refractivity contribution >= 4 is 33.2 Å².